The van der Waals surface area contributed by atoms with E-state index in [-0.39, 0.29) is 0 Å². The van der Waals surface area contributed by atoms with Gasteiger partial charge < -0.3 is 4.74 Å². The third-order valence-electron chi connectivity index (χ3n) is 2.18. The summed E-state index contributed by atoms with van der Waals surface area (Å²) in [7, 11) is 0. The number of ether oxygens (including phenoxy) is 1. The first-order valence-corrected chi connectivity index (χ1v) is 5.59. The lowest BCUT2D eigenvalue weighted by molar-refractivity contribution is 0.151. The Morgan fingerprint density at radius 1 is 1.43 bits per heavy atom. The molecular formula is C9H7Br2NO2. The van der Waals surface area contributed by atoms with Gasteiger partial charge in [0.1, 0.15) is 6.61 Å². The number of nitrogens with one attached hydrogen (secondary N) is 1. The fraction of sp³-hybridized carbons (Fsp3) is 0.222. The van der Waals surface area contributed by atoms with E-state index in [1.165, 1.54) is 0 Å². The lowest BCUT2D eigenvalue weighted by Gasteiger charge is -2.21. The number of fused-ring (bicyclic) bond motifs is 1. The van der Waals surface area contributed by atoms with Gasteiger partial charge in [0.15, 0.2) is 0 Å². The monoisotopic (exact) mass is 319 g/mol. The molecule has 0 aliphatic carbocycles. The number of carbonyl (C=O) groups excluding carboxylic acids is 1. The number of rotatable bonds is 0. The number of anilines is 1. The summed E-state index contributed by atoms with van der Waals surface area (Å²) in [5.74, 6) is 0. The SMILES string of the molecule is Cc1c(Br)cc(Br)c2c1COC(=O)N2. The smallest absolute Gasteiger partial charge is 0.412 e. The molecule has 0 atom stereocenters. The molecule has 5 heteroatoms. The van der Waals surface area contributed by atoms with E-state index in [0.29, 0.717) is 6.61 Å². The van der Waals surface area contributed by atoms with Gasteiger partial charge in [0.25, 0.3) is 0 Å². The maximum absolute atomic E-state index is 11.0. The van der Waals surface area contributed by atoms with Crippen LogP contribution < -0.4 is 5.32 Å². The van der Waals surface area contributed by atoms with Crippen LogP contribution in [0.25, 0.3) is 0 Å². The summed E-state index contributed by atoms with van der Waals surface area (Å²) in [6.07, 6.45) is -0.403. The Bertz CT molecular complexity index is 418. The Balaban J connectivity index is 2.62. The maximum atomic E-state index is 11.0. The van der Waals surface area contributed by atoms with Gasteiger partial charge in [-0.15, -0.1) is 0 Å². The van der Waals surface area contributed by atoms with E-state index in [1.807, 2.05) is 13.0 Å². The summed E-state index contributed by atoms with van der Waals surface area (Å²) in [4.78, 5) is 11.0. The average Bonchev–Trinajstić information content (AvgIpc) is 2.14. The fourth-order valence-electron chi connectivity index (χ4n) is 1.36. The van der Waals surface area contributed by atoms with Crippen LogP contribution in [-0.2, 0) is 11.3 Å². The van der Waals surface area contributed by atoms with Crippen LogP contribution in [0.3, 0.4) is 0 Å². The second kappa shape index (κ2) is 3.55. The lowest BCUT2D eigenvalue weighted by Crippen LogP contribution is -2.21. The number of halogens is 2. The van der Waals surface area contributed by atoms with Gasteiger partial charge in [0.2, 0.25) is 0 Å². The predicted molar refractivity (Wildman–Crippen MR) is 60.4 cm³/mol. The number of hydrogen-bond donors (Lipinski definition) is 1. The molecule has 0 saturated heterocycles. The van der Waals surface area contributed by atoms with Crippen molar-refractivity contribution in [3.8, 4) is 0 Å². The van der Waals surface area contributed by atoms with Crippen molar-refractivity contribution >= 4 is 43.6 Å². The largest absolute Gasteiger partial charge is 0.444 e. The van der Waals surface area contributed by atoms with Gasteiger partial charge in [0.05, 0.1) is 5.69 Å². The highest BCUT2D eigenvalue weighted by Crippen LogP contribution is 2.36. The van der Waals surface area contributed by atoms with Crippen molar-refractivity contribution in [2.45, 2.75) is 13.5 Å². The third-order valence-corrected chi connectivity index (χ3v) is 3.63. The predicted octanol–water partition coefficient (Wildman–Crippen LogP) is 3.58. The minimum atomic E-state index is -0.403. The summed E-state index contributed by atoms with van der Waals surface area (Å²) >= 11 is 6.84. The Hall–Kier alpha value is -0.550. The zero-order valence-electron chi connectivity index (χ0n) is 7.36. The standard InChI is InChI=1S/C9H7Br2NO2/c1-4-5-3-14-9(13)12-8(5)7(11)2-6(4)10/h2H,3H2,1H3,(H,12,13). The summed E-state index contributed by atoms with van der Waals surface area (Å²) in [5, 5.41) is 2.67. The molecule has 1 aromatic carbocycles. The zero-order chi connectivity index (χ0) is 10.3. The van der Waals surface area contributed by atoms with Gasteiger partial charge in [-0.25, -0.2) is 4.79 Å². The lowest BCUT2D eigenvalue weighted by atomic mass is 10.1. The second-order valence-electron chi connectivity index (χ2n) is 3.02. The van der Waals surface area contributed by atoms with E-state index in [0.717, 1.165) is 25.8 Å². The van der Waals surface area contributed by atoms with Crippen molar-refractivity contribution in [2.75, 3.05) is 5.32 Å². The second-order valence-corrected chi connectivity index (χ2v) is 4.73. The van der Waals surface area contributed by atoms with Crippen molar-refractivity contribution in [3.63, 3.8) is 0 Å². The van der Waals surface area contributed by atoms with Crippen molar-refractivity contribution in [1.29, 1.82) is 0 Å². The summed E-state index contributed by atoms with van der Waals surface area (Å²) < 4.78 is 6.77. The topological polar surface area (TPSA) is 38.3 Å². The molecule has 0 fully saturated rings. The van der Waals surface area contributed by atoms with Crippen molar-refractivity contribution in [2.24, 2.45) is 0 Å². The minimum Gasteiger partial charge on any atom is -0.444 e. The van der Waals surface area contributed by atoms with Gasteiger partial charge in [-0.2, -0.15) is 0 Å². The zero-order valence-corrected chi connectivity index (χ0v) is 10.5. The molecule has 0 spiro atoms. The minimum absolute atomic E-state index is 0.324. The van der Waals surface area contributed by atoms with Crippen molar-refractivity contribution in [1.82, 2.24) is 0 Å². The van der Waals surface area contributed by atoms with Crippen LogP contribution in [0.1, 0.15) is 11.1 Å². The Morgan fingerprint density at radius 3 is 2.86 bits per heavy atom. The molecule has 0 unspecified atom stereocenters. The molecule has 0 saturated carbocycles. The third kappa shape index (κ3) is 1.54. The van der Waals surface area contributed by atoms with Crippen LogP contribution >= 0.6 is 31.9 Å². The summed E-state index contributed by atoms with van der Waals surface area (Å²) in [6, 6.07) is 1.92. The van der Waals surface area contributed by atoms with E-state index in [2.05, 4.69) is 37.2 Å². The molecule has 1 amide bonds. The molecule has 0 aromatic heterocycles. The van der Waals surface area contributed by atoms with Crippen molar-refractivity contribution < 1.29 is 9.53 Å². The van der Waals surface area contributed by atoms with E-state index in [9.17, 15) is 4.79 Å². The molecule has 0 bridgehead atoms. The van der Waals surface area contributed by atoms with Gasteiger partial charge in [-0.1, -0.05) is 15.9 Å². The molecule has 1 aliphatic heterocycles. The van der Waals surface area contributed by atoms with Crippen LogP contribution in [0.5, 0.6) is 0 Å². The van der Waals surface area contributed by atoms with Crippen LogP contribution in [-0.4, -0.2) is 6.09 Å². The average molecular weight is 321 g/mol. The maximum Gasteiger partial charge on any atom is 0.412 e. The molecule has 14 heavy (non-hydrogen) atoms. The molecule has 1 aliphatic rings. The summed E-state index contributed by atoms with van der Waals surface area (Å²) in [5.41, 5.74) is 2.90. The Morgan fingerprint density at radius 2 is 2.14 bits per heavy atom. The number of cyclic esters (lactones) is 1. The highest BCUT2D eigenvalue weighted by Gasteiger charge is 2.21. The number of amides is 1. The van der Waals surface area contributed by atoms with Gasteiger partial charge >= 0.3 is 6.09 Å². The molecule has 1 heterocycles. The van der Waals surface area contributed by atoms with Crippen LogP contribution in [0.2, 0.25) is 0 Å². The molecule has 74 valence electrons. The first-order chi connectivity index (χ1) is 6.59. The first kappa shape index (κ1) is 9.98. The first-order valence-electron chi connectivity index (χ1n) is 4.01. The van der Waals surface area contributed by atoms with Crippen LogP contribution in [0.15, 0.2) is 15.0 Å². The molecule has 0 radical (unpaired) electrons. The quantitative estimate of drug-likeness (QED) is 0.793. The molecule has 3 nitrogen and oxygen atoms in total. The highest BCUT2D eigenvalue weighted by molar-refractivity contribution is 9.11. The van der Waals surface area contributed by atoms with Crippen LogP contribution in [0, 0.1) is 6.92 Å². The normalized spacial score (nSPS) is 14.4. The number of carbonyl (C=O) groups is 1. The van der Waals surface area contributed by atoms with E-state index in [4.69, 9.17) is 4.74 Å². The van der Waals surface area contributed by atoms with Crippen LogP contribution in [0.4, 0.5) is 10.5 Å². The van der Waals surface area contributed by atoms with Gasteiger partial charge in [-0.05, 0) is 34.5 Å². The highest BCUT2D eigenvalue weighted by atomic mass is 79.9. The van der Waals surface area contributed by atoms with Gasteiger partial charge in [0, 0.05) is 14.5 Å². The van der Waals surface area contributed by atoms with Crippen molar-refractivity contribution in [3.05, 3.63) is 26.1 Å². The van der Waals surface area contributed by atoms with E-state index in [1.54, 1.807) is 0 Å². The Kier molecular flexibility index (Phi) is 2.53. The molecule has 2 rings (SSSR count). The molecule has 1 N–H and O–H groups in total. The fourth-order valence-corrected chi connectivity index (χ4v) is 2.70. The number of hydrogen-bond acceptors (Lipinski definition) is 2. The molecular weight excluding hydrogens is 314 g/mol. The van der Waals surface area contributed by atoms with E-state index < -0.39 is 6.09 Å². The van der Waals surface area contributed by atoms with E-state index >= 15 is 0 Å². The van der Waals surface area contributed by atoms with Gasteiger partial charge in [-0.3, -0.25) is 5.32 Å². The molecule has 1 aromatic rings. The summed E-state index contributed by atoms with van der Waals surface area (Å²) in [6.45, 7) is 2.31. The number of benzene rings is 1. The Labute approximate surface area is 98.1 Å².